The van der Waals surface area contributed by atoms with Crippen LogP contribution in [0.15, 0.2) is 0 Å². The molecule has 0 aliphatic rings. The summed E-state index contributed by atoms with van der Waals surface area (Å²) in [5.41, 5.74) is 0. The van der Waals surface area contributed by atoms with Crippen molar-refractivity contribution >= 4 is 7.82 Å². The zero-order valence-electron chi connectivity index (χ0n) is 22.1. The molecule has 4 nitrogen and oxygen atoms in total. The molecule has 8 heteroatoms. The Hall–Kier alpha value is 1.98. The molecule has 0 aliphatic heterocycles. The van der Waals surface area contributed by atoms with Crippen LogP contribution in [0.1, 0.15) is 136 Å². The minimum Gasteiger partial charge on any atom is -0.822 e. The topological polar surface area (TPSA) is 86.2 Å². The van der Waals surface area contributed by atoms with Crippen molar-refractivity contribution in [1.82, 2.24) is 0 Å². The molecule has 0 amide bonds. The minimum atomic E-state index is -5.39. The Morgan fingerprint density at radius 1 is 0.438 bits per heavy atom. The van der Waals surface area contributed by atoms with Crippen molar-refractivity contribution < 1.29 is 74.2 Å². The van der Waals surface area contributed by atoms with E-state index < -0.39 is 7.82 Å². The van der Waals surface area contributed by atoms with Crippen LogP contribution in [0, 0.1) is 0 Å². The van der Waals surface area contributed by atoms with Gasteiger partial charge in [-0.2, -0.15) is 7.82 Å². The van der Waals surface area contributed by atoms with Crippen LogP contribution in [0.4, 0.5) is 0 Å². The number of unbranched alkanes of at least 4 members (excludes halogenated alkanes) is 15. The average molecular weight is 631 g/mol. The average Bonchev–Trinajstić information content (AvgIpc) is 2.73. The smallest absolute Gasteiger partial charge is 0.159 e. The van der Waals surface area contributed by atoms with E-state index in [4.69, 9.17) is 19.2 Å². The summed E-state index contributed by atoms with van der Waals surface area (Å²) >= 11 is 4.48. The fourth-order valence-electron chi connectivity index (χ4n) is 2.87. The molecule has 0 aromatic carbocycles. The predicted molar refractivity (Wildman–Crippen MR) is 122 cm³/mol. The summed E-state index contributed by atoms with van der Waals surface area (Å²) < 4.78 is 8.55. The van der Waals surface area contributed by atoms with Crippen LogP contribution in [-0.2, 0) is 59.5 Å². The first-order chi connectivity index (χ1) is 15.2. The monoisotopic (exact) mass is 626 g/mol. The number of hydrogen-bond acceptors (Lipinski definition) is 4. The molecule has 0 radical (unpaired) electrons. The van der Waals surface area contributed by atoms with Gasteiger partial charge < -0.3 is 19.2 Å². The number of phosphoric acid groups is 1. The first kappa shape index (κ1) is 41.1. The van der Waals surface area contributed by atoms with E-state index in [0.29, 0.717) is 0 Å². The van der Waals surface area contributed by atoms with E-state index in [1.807, 2.05) is 0 Å². The van der Waals surface area contributed by atoms with E-state index in [-0.39, 0.29) is 0 Å². The van der Waals surface area contributed by atoms with Crippen LogP contribution in [0.3, 0.4) is 0 Å². The first-order valence-corrected chi connectivity index (χ1v) is 21.1. The maximum Gasteiger partial charge on any atom is -0.159 e. The second-order valence-electron chi connectivity index (χ2n) is 8.31. The van der Waals surface area contributed by atoms with Gasteiger partial charge in [-0.3, -0.25) is 0 Å². The molecule has 0 aromatic heterocycles. The SMILES string of the molecule is CCCCCCC[CH2][Zn+].CCCCCCC[CH2][Zn+].CCCCCCC[CH2][Zn+].O=P([O-])([O-])[O-]. The van der Waals surface area contributed by atoms with E-state index in [1.165, 1.54) is 186 Å². The quantitative estimate of drug-likeness (QED) is 0.0918. The van der Waals surface area contributed by atoms with Crippen LogP contribution < -0.4 is 14.7 Å². The van der Waals surface area contributed by atoms with Crippen LogP contribution in [0.5, 0.6) is 0 Å². The standard InChI is InChI=1S/3C8H17.H3O4P.3Zn/c3*1-3-5-7-8-6-4-2;1-5(2,3)4;;;/h3*1,3-8H2,2H3;(H3,1,2,3,4);;;/q;;;;3*+1/p-3. The third-order valence-electron chi connectivity index (χ3n) is 4.81. The third-order valence-corrected chi connectivity index (χ3v) is 7.96. The van der Waals surface area contributed by atoms with Crippen LogP contribution in [-0.4, -0.2) is 0 Å². The van der Waals surface area contributed by atoms with Crippen molar-refractivity contribution in [2.45, 2.75) is 151 Å². The van der Waals surface area contributed by atoms with Crippen molar-refractivity contribution in [2.75, 3.05) is 0 Å². The normalized spacial score (nSPS) is 10.4. The summed E-state index contributed by atoms with van der Waals surface area (Å²) in [7, 11) is -5.39. The maximum absolute atomic E-state index is 8.55. The summed E-state index contributed by atoms with van der Waals surface area (Å²) in [6.45, 7) is 6.81. The minimum absolute atomic E-state index is 1.38. The zero-order chi connectivity index (χ0) is 25.3. The van der Waals surface area contributed by atoms with Crippen molar-refractivity contribution in [3.63, 3.8) is 0 Å². The predicted octanol–water partition coefficient (Wildman–Crippen LogP) is 7.11. The molecule has 0 rings (SSSR count). The van der Waals surface area contributed by atoms with Gasteiger partial charge in [0.2, 0.25) is 0 Å². The van der Waals surface area contributed by atoms with Gasteiger partial charge >= 0.3 is 206 Å². The molecule has 0 atom stereocenters. The van der Waals surface area contributed by atoms with Gasteiger partial charge in [0.15, 0.2) is 0 Å². The third kappa shape index (κ3) is 76.9. The molecule has 0 saturated carbocycles. The van der Waals surface area contributed by atoms with E-state index in [0.717, 1.165) is 0 Å². The molecule has 0 bridgehead atoms. The molecule has 0 aliphatic carbocycles. The van der Waals surface area contributed by atoms with Crippen LogP contribution in [0.2, 0.25) is 15.0 Å². The van der Waals surface area contributed by atoms with E-state index in [1.54, 1.807) is 0 Å². The molecule has 0 heterocycles. The van der Waals surface area contributed by atoms with Gasteiger partial charge in [0.05, 0.1) is 0 Å². The van der Waals surface area contributed by atoms with Gasteiger partial charge in [0, 0.05) is 0 Å². The molecule has 0 aromatic rings. The Labute approximate surface area is 231 Å². The molecule has 0 spiro atoms. The molecule has 0 saturated heterocycles. The second-order valence-corrected chi connectivity index (χ2v) is 13.7. The van der Waals surface area contributed by atoms with Crippen LogP contribution >= 0.6 is 7.82 Å². The van der Waals surface area contributed by atoms with Crippen molar-refractivity contribution in [3.05, 3.63) is 0 Å². The molecule has 32 heavy (non-hydrogen) atoms. The Kier molecular flexibility index (Phi) is 51.6. The van der Waals surface area contributed by atoms with Gasteiger partial charge in [-0.25, -0.2) is 0 Å². The largest absolute Gasteiger partial charge is 0.822 e. The Morgan fingerprint density at radius 2 is 0.594 bits per heavy atom. The molecule has 0 unspecified atom stereocenters. The fourth-order valence-corrected chi connectivity index (χ4v) is 5.10. The van der Waals surface area contributed by atoms with E-state index >= 15 is 0 Å². The molecular formula is C24H51O4PZn3. The number of hydrogen-bond donors (Lipinski definition) is 0. The van der Waals surface area contributed by atoms with Gasteiger partial charge in [-0.05, 0) is 0 Å². The maximum atomic E-state index is 8.55. The summed E-state index contributed by atoms with van der Waals surface area (Å²) in [5.74, 6) is 0. The Balaban J connectivity index is -0.000000167. The first-order valence-electron chi connectivity index (χ1n) is 13.4. The molecule has 0 fully saturated rings. The van der Waals surface area contributed by atoms with E-state index in [9.17, 15) is 0 Å². The van der Waals surface area contributed by atoms with Gasteiger partial charge in [0.1, 0.15) is 0 Å². The molecular weight excluding hydrogens is 579 g/mol. The molecule has 182 valence electrons. The Bertz CT molecular complexity index is 273. The molecule has 0 N–H and O–H groups in total. The fraction of sp³-hybridized carbons (Fsp3) is 1.00. The van der Waals surface area contributed by atoms with E-state index in [2.05, 4.69) is 20.8 Å². The second kappa shape index (κ2) is 40.2. The van der Waals surface area contributed by atoms with Crippen molar-refractivity contribution in [3.8, 4) is 0 Å². The number of rotatable bonds is 18. The van der Waals surface area contributed by atoms with Crippen LogP contribution in [0.25, 0.3) is 0 Å². The van der Waals surface area contributed by atoms with Gasteiger partial charge in [-0.15, -0.1) is 0 Å². The van der Waals surface area contributed by atoms with Crippen molar-refractivity contribution in [2.24, 2.45) is 0 Å². The summed E-state index contributed by atoms with van der Waals surface area (Å²) in [4.78, 5) is 25.6. The zero-order valence-corrected chi connectivity index (χ0v) is 31.8. The summed E-state index contributed by atoms with van der Waals surface area (Å²) in [5, 5.41) is 4.48. The summed E-state index contributed by atoms with van der Waals surface area (Å²) in [6.07, 6.45) is 26.2. The summed E-state index contributed by atoms with van der Waals surface area (Å²) in [6, 6.07) is 0. The Morgan fingerprint density at radius 3 is 0.750 bits per heavy atom. The van der Waals surface area contributed by atoms with Gasteiger partial charge in [-0.1, -0.05) is 0 Å². The van der Waals surface area contributed by atoms with Gasteiger partial charge in [0.25, 0.3) is 0 Å². The van der Waals surface area contributed by atoms with Crippen molar-refractivity contribution in [1.29, 1.82) is 0 Å².